The number of nitrogens with one attached hydrogen (secondary N) is 1. The van der Waals surface area contributed by atoms with Crippen LogP contribution in [0.1, 0.15) is 26.2 Å². The van der Waals surface area contributed by atoms with Crippen molar-refractivity contribution in [3.63, 3.8) is 0 Å². The largest absolute Gasteiger partial charge is 0.548 e. The Balaban J connectivity index is 2.11. The van der Waals surface area contributed by atoms with Crippen LogP contribution in [0.4, 0.5) is 4.79 Å². The molecule has 1 aliphatic heterocycles. The third-order valence-corrected chi connectivity index (χ3v) is 4.02. The molecular weight excluding hydrogens is 349 g/mol. The molecule has 1 unspecified atom stereocenters. The van der Waals surface area contributed by atoms with Crippen LogP contribution in [0.2, 0.25) is 0 Å². The van der Waals surface area contributed by atoms with E-state index in [4.69, 9.17) is 16.7 Å². The quantitative estimate of drug-likeness (QED) is 0.375. The molecule has 0 bridgehead atoms. The number of carbonyl (C=O) groups excluding carboxylic acids is 4. The Labute approximate surface area is 138 Å². The lowest BCUT2D eigenvalue weighted by Gasteiger charge is -2.13. The summed E-state index contributed by atoms with van der Waals surface area (Å²) in [5.74, 6) is -1.37. The van der Waals surface area contributed by atoms with Crippen molar-refractivity contribution in [1.29, 1.82) is 0 Å². The molecule has 1 aliphatic rings. The Bertz CT molecular complexity index is 507. The fourth-order valence-corrected chi connectivity index (χ4v) is 2.91. The number of rotatable bonds is 8. The molecule has 0 spiro atoms. The van der Waals surface area contributed by atoms with Gasteiger partial charge in [-0.1, -0.05) is 0 Å². The lowest BCUT2D eigenvalue weighted by Crippen LogP contribution is -2.31. The zero-order valence-electron chi connectivity index (χ0n) is 12.5. The van der Waals surface area contributed by atoms with Crippen molar-refractivity contribution in [1.82, 2.24) is 10.2 Å². The molecule has 3 N–H and O–H groups in total. The van der Waals surface area contributed by atoms with E-state index in [1.165, 1.54) is 12.2 Å². The van der Waals surface area contributed by atoms with Gasteiger partial charge in [-0.15, -0.1) is 5.50 Å². The van der Waals surface area contributed by atoms with Crippen molar-refractivity contribution in [3.8, 4) is 0 Å². The summed E-state index contributed by atoms with van der Waals surface area (Å²) in [4.78, 5) is 45.8. The molecule has 0 fully saturated rings. The van der Waals surface area contributed by atoms with Crippen LogP contribution in [0.15, 0.2) is 12.2 Å². The highest BCUT2D eigenvalue weighted by Gasteiger charge is 2.43. The van der Waals surface area contributed by atoms with Gasteiger partial charge in [0, 0.05) is 32.2 Å². The average molecular weight is 367 g/mol. The molecule has 0 aromatic rings. The number of hydrogen-bond donors (Lipinski definition) is 2. The van der Waals surface area contributed by atoms with Crippen LogP contribution in [0, 0.1) is 0 Å². The monoisotopic (exact) mass is 366 g/mol. The van der Waals surface area contributed by atoms with Gasteiger partial charge >= 0.3 is 19.3 Å². The van der Waals surface area contributed by atoms with Crippen LogP contribution < -0.4 is 10.8 Å². The highest BCUT2D eigenvalue weighted by molar-refractivity contribution is 7.90. The van der Waals surface area contributed by atoms with E-state index in [1.54, 1.807) is 0 Å². The van der Waals surface area contributed by atoms with Gasteiger partial charge in [-0.2, -0.15) is 0 Å². The number of halogens is 1. The third kappa shape index (κ3) is 7.40. The Morgan fingerprint density at radius 2 is 1.83 bits per heavy atom. The second-order valence-electron chi connectivity index (χ2n) is 4.63. The maximum absolute atomic E-state index is 11.4. The van der Waals surface area contributed by atoms with Crippen LogP contribution in [-0.2, 0) is 23.4 Å². The fraction of sp³-hybridized carbons (Fsp3) is 0.500. The summed E-state index contributed by atoms with van der Waals surface area (Å²) >= 11 is 5.58. The Morgan fingerprint density at radius 3 is 2.39 bits per heavy atom. The maximum atomic E-state index is 11.4. The zero-order chi connectivity index (χ0) is 17.5. The van der Waals surface area contributed by atoms with E-state index in [1.807, 2.05) is 0 Å². The summed E-state index contributed by atoms with van der Waals surface area (Å²) < 4.78 is 9.11. The minimum atomic E-state index is -3.52. The first-order chi connectivity index (χ1) is 10.7. The molecule has 1 atom stereocenters. The molecular formula is C12H18ClN3O6P+. The van der Waals surface area contributed by atoms with Crippen LogP contribution in [0.5, 0.6) is 0 Å². The van der Waals surface area contributed by atoms with E-state index in [9.17, 15) is 19.2 Å². The number of amides is 3. The van der Waals surface area contributed by atoms with Crippen LogP contribution in [0.25, 0.3) is 0 Å². The van der Waals surface area contributed by atoms with Gasteiger partial charge in [0.2, 0.25) is 0 Å². The smallest absolute Gasteiger partial charge is 0.318 e. The molecule has 0 saturated heterocycles. The summed E-state index contributed by atoms with van der Waals surface area (Å²) in [7, 11) is -3.52. The van der Waals surface area contributed by atoms with Crippen LogP contribution in [-0.4, -0.2) is 41.9 Å². The maximum Gasteiger partial charge on any atom is 0.548 e. The molecule has 0 radical (unpaired) electrons. The fourth-order valence-electron chi connectivity index (χ4n) is 1.75. The molecule has 11 heteroatoms. The van der Waals surface area contributed by atoms with Gasteiger partial charge in [-0.05, 0) is 19.3 Å². The molecule has 1 rings (SSSR count). The van der Waals surface area contributed by atoms with E-state index in [2.05, 4.69) is 14.4 Å². The van der Waals surface area contributed by atoms with E-state index < -0.39 is 19.3 Å². The molecule has 0 saturated carbocycles. The van der Waals surface area contributed by atoms with Crippen LogP contribution >= 0.6 is 18.5 Å². The molecule has 0 aromatic heterocycles. The standard InChI is InChI=1S/C12H17ClN3O6P/c1-9(17)21-23(13,14)22-12(20)15-7-3-2-4-8-16-10(18)5-6-11(16)19/h5-6H,2-4,7-8,14H2,1H3/p+1. The summed E-state index contributed by atoms with van der Waals surface area (Å²) in [6.07, 6.45) is 3.49. The topological polar surface area (TPSA) is 128 Å². The number of carbonyl (C=O) groups is 4. The van der Waals surface area contributed by atoms with Crippen molar-refractivity contribution < 1.29 is 28.2 Å². The summed E-state index contributed by atoms with van der Waals surface area (Å²) in [5, 5.41) is 2.41. The van der Waals surface area contributed by atoms with E-state index >= 15 is 0 Å². The first kappa shape index (κ1) is 19.3. The van der Waals surface area contributed by atoms with E-state index in [0.29, 0.717) is 25.8 Å². The Morgan fingerprint density at radius 1 is 1.22 bits per heavy atom. The van der Waals surface area contributed by atoms with Crippen LogP contribution in [0.3, 0.4) is 0 Å². The molecule has 1 heterocycles. The SMILES string of the molecule is CC(=O)O[P+](N)(Cl)OC(=O)NCCCCCN1C(=O)C=CC1=O. The van der Waals surface area contributed by atoms with Gasteiger partial charge in [-0.3, -0.25) is 14.5 Å². The number of nitrogens with zero attached hydrogens (tertiary/aromatic N) is 1. The van der Waals surface area contributed by atoms with Crippen molar-refractivity contribution in [2.75, 3.05) is 13.1 Å². The minimum Gasteiger partial charge on any atom is -0.318 e. The van der Waals surface area contributed by atoms with Gasteiger partial charge in [0.05, 0.1) is 0 Å². The lowest BCUT2D eigenvalue weighted by atomic mass is 10.2. The van der Waals surface area contributed by atoms with Crippen molar-refractivity contribution >= 4 is 42.3 Å². The molecule has 3 amide bonds. The Hall–Kier alpha value is -1.70. The van der Waals surface area contributed by atoms with E-state index in [-0.39, 0.29) is 18.4 Å². The van der Waals surface area contributed by atoms with E-state index in [0.717, 1.165) is 11.8 Å². The normalized spacial score (nSPS) is 16.2. The highest BCUT2D eigenvalue weighted by atomic mass is 35.7. The number of unbranched alkanes of at least 4 members (excludes halogenated alkanes) is 2. The number of imide groups is 1. The first-order valence-corrected chi connectivity index (χ1v) is 9.39. The summed E-state index contributed by atoms with van der Waals surface area (Å²) in [6, 6.07) is 0. The second kappa shape index (κ2) is 8.81. The van der Waals surface area contributed by atoms with Gasteiger partial charge in [0.1, 0.15) is 0 Å². The second-order valence-corrected chi connectivity index (χ2v) is 7.45. The summed E-state index contributed by atoms with van der Waals surface area (Å²) in [5.41, 5.74) is 5.34. The highest BCUT2D eigenvalue weighted by Crippen LogP contribution is 2.58. The zero-order valence-corrected chi connectivity index (χ0v) is 14.1. The predicted octanol–water partition coefficient (Wildman–Crippen LogP) is 1.25. The van der Waals surface area contributed by atoms with Gasteiger partial charge in [0.25, 0.3) is 11.8 Å². The molecule has 9 nitrogen and oxygen atoms in total. The van der Waals surface area contributed by atoms with Gasteiger partial charge in [-0.25, -0.2) is 18.6 Å². The lowest BCUT2D eigenvalue weighted by molar-refractivity contribution is -0.137. The molecule has 0 aliphatic carbocycles. The van der Waals surface area contributed by atoms with Crippen molar-refractivity contribution in [2.24, 2.45) is 5.50 Å². The van der Waals surface area contributed by atoms with Gasteiger partial charge in [0.15, 0.2) is 11.2 Å². The van der Waals surface area contributed by atoms with Gasteiger partial charge < -0.3 is 5.32 Å². The molecule has 128 valence electrons. The minimum absolute atomic E-state index is 0.288. The van der Waals surface area contributed by atoms with Crippen molar-refractivity contribution in [3.05, 3.63) is 12.2 Å². The van der Waals surface area contributed by atoms with Crippen molar-refractivity contribution in [2.45, 2.75) is 26.2 Å². The number of nitrogens with two attached hydrogens (primary N) is 1. The Kier molecular flexibility index (Phi) is 7.41. The predicted molar refractivity (Wildman–Crippen MR) is 82.9 cm³/mol. The summed E-state index contributed by atoms with van der Waals surface area (Å²) in [6.45, 7) is 1.72. The average Bonchev–Trinajstić information content (AvgIpc) is 2.71. The molecule has 0 aromatic carbocycles. The molecule has 23 heavy (non-hydrogen) atoms. The third-order valence-electron chi connectivity index (χ3n) is 2.69. The number of hydrogen-bond acceptors (Lipinski definition) is 7. The first-order valence-electron chi connectivity index (χ1n) is 6.79.